The summed E-state index contributed by atoms with van der Waals surface area (Å²) in [5.74, 6) is 1.40. The fraction of sp³-hybridized carbons (Fsp3) is 0.231. The Hall–Kier alpha value is -3.60. The van der Waals surface area contributed by atoms with Gasteiger partial charge in [-0.3, -0.25) is 9.20 Å². The van der Waals surface area contributed by atoms with Gasteiger partial charge in [0.15, 0.2) is 0 Å². The van der Waals surface area contributed by atoms with Gasteiger partial charge in [0, 0.05) is 24.7 Å². The largest absolute Gasteiger partial charge is 0.426 e. The van der Waals surface area contributed by atoms with Crippen LogP contribution in [0, 0.1) is 12.8 Å². The monoisotopic (exact) mass is 413 g/mol. The van der Waals surface area contributed by atoms with Crippen molar-refractivity contribution < 1.29 is 9.53 Å². The third-order valence-electron chi connectivity index (χ3n) is 5.09. The molecule has 0 bridgehead atoms. The lowest BCUT2D eigenvalue weighted by atomic mass is 10.1. The number of benzene rings is 2. The molecule has 0 aliphatic heterocycles. The van der Waals surface area contributed by atoms with Gasteiger partial charge in [-0.2, -0.15) is 0 Å². The van der Waals surface area contributed by atoms with Crippen molar-refractivity contribution in [3.63, 3.8) is 0 Å². The number of pyridine rings is 1. The van der Waals surface area contributed by atoms with E-state index in [1.807, 2.05) is 81.6 Å². The van der Waals surface area contributed by atoms with Crippen LogP contribution in [0.3, 0.4) is 0 Å². The Labute approximate surface area is 182 Å². The molecule has 0 fully saturated rings. The molecule has 2 heterocycles. The van der Waals surface area contributed by atoms with Crippen LogP contribution in [-0.4, -0.2) is 15.4 Å². The molecule has 2 aromatic heterocycles. The second kappa shape index (κ2) is 9.04. The van der Waals surface area contributed by atoms with Crippen LogP contribution >= 0.6 is 0 Å². The summed E-state index contributed by atoms with van der Waals surface area (Å²) in [5.41, 5.74) is 4.67. The zero-order valence-corrected chi connectivity index (χ0v) is 18.1. The van der Waals surface area contributed by atoms with Crippen molar-refractivity contribution in [2.45, 2.75) is 33.7 Å². The van der Waals surface area contributed by atoms with Crippen LogP contribution in [0.4, 0.5) is 5.82 Å². The molecule has 158 valence electrons. The number of imidazole rings is 1. The van der Waals surface area contributed by atoms with Gasteiger partial charge in [-0.15, -0.1) is 0 Å². The van der Waals surface area contributed by atoms with E-state index in [2.05, 4.69) is 21.9 Å². The molecular formula is C26H27N3O2. The van der Waals surface area contributed by atoms with E-state index in [9.17, 15) is 4.79 Å². The lowest BCUT2D eigenvalue weighted by molar-refractivity contribution is -0.135. The van der Waals surface area contributed by atoms with Gasteiger partial charge in [-0.1, -0.05) is 62.4 Å². The van der Waals surface area contributed by atoms with Gasteiger partial charge in [-0.05, 0) is 42.2 Å². The zero-order valence-electron chi connectivity index (χ0n) is 18.1. The number of fused-ring (bicyclic) bond motifs is 1. The maximum absolute atomic E-state index is 12.4. The highest BCUT2D eigenvalue weighted by Crippen LogP contribution is 2.36. The van der Waals surface area contributed by atoms with Crippen LogP contribution < -0.4 is 10.1 Å². The summed E-state index contributed by atoms with van der Waals surface area (Å²) in [6.07, 6.45) is 2.37. The minimum Gasteiger partial charge on any atom is -0.426 e. The first-order valence-electron chi connectivity index (χ1n) is 10.6. The number of ether oxygens (including phenoxy) is 1. The standard InChI is InChI=1S/C26H27N3O2/c1-18(2)16-23(30)31-22-14-8-7-13-21(22)24-26(27-17-20-11-5-4-6-12-20)29-15-9-10-19(3)25(29)28-24/h4-15,18,27H,16-17H2,1-3H3. The molecule has 5 nitrogen and oxygen atoms in total. The van der Waals surface area contributed by atoms with Gasteiger partial charge in [-0.25, -0.2) is 4.98 Å². The minimum absolute atomic E-state index is 0.235. The maximum atomic E-state index is 12.4. The molecule has 0 saturated carbocycles. The van der Waals surface area contributed by atoms with Gasteiger partial charge in [0.05, 0.1) is 0 Å². The molecule has 0 atom stereocenters. The van der Waals surface area contributed by atoms with Crippen LogP contribution in [0.5, 0.6) is 5.75 Å². The average Bonchev–Trinajstić information content (AvgIpc) is 3.12. The van der Waals surface area contributed by atoms with E-state index in [1.54, 1.807) is 0 Å². The number of hydrogen-bond donors (Lipinski definition) is 1. The van der Waals surface area contributed by atoms with E-state index in [-0.39, 0.29) is 11.9 Å². The summed E-state index contributed by atoms with van der Waals surface area (Å²) in [5, 5.41) is 3.55. The minimum atomic E-state index is -0.235. The fourth-order valence-corrected chi connectivity index (χ4v) is 3.59. The molecule has 4 rings (SSSR count). The summed E-state index contributed by atoms with van der Waals surface area (Å²) in [4.78, 5) is 17.3. The summed E-state index contributed by atoms with van der Waals surface area (Å²) in [6.45, 7) is 6.71. The molecule has 0 unspecified atom stereocenters. The number of carbonyl (C=O) groups excluding carboxylic acids is 1. The van der Waals surface area contributed by atoms with Crippen LogP contribution in [0.15, 0.2) is 72.9 Å². The third-order valence-corrected chi connectivity index (χ3v) is 5.09. The average molecular weight is 414 g/mol. The number of esters is 1. The maximum Gasteiger partial charge on any atom is 0.311 e. The quantitative estimate of drug-likeness (QED) is 0.304. The first-order chi connectivity index (χ1) is 15.0. The van der Waals surface area contributed by atoms with Crippen LogP contribution in [-0.2, 0) is 11.3 Å². The van der Waals surface area contributed by atoms with E-state index in [1.165, 1.54) is 5.56 Å². The van der Waals surface area contributed by atoms with Crippen LogP contribution in [0.2, 0.25) is 0 Å². The molecule has 0 spiro atoms. The van der Waals surface area contributed by atoms with Gasteiger partial charge >= 0.3 is 5.97 Å². The first kappa shape index (κ1) is 20.7. The Morgan fingerprint density at radius 1 is 1.03 bits per heavy atom. The Morgan fingerprint density at radius 2 is 1.77 bits per heavy atom. The van der Waals surface area contributed by atoms with E-state index >= 15 is 0 Å². The van der Waals surface area contributed by atoms with E-state index in [4.69, 9.17) is 9.72 Å². The Kier molecular flexibility index (Phi) is 6.03. The van der Waals surface area contributed by atoms with Crippen molar-refractivity contribution in [1.82, 2.24) is 9.38 Å². The number of aromatic nitrogens is 2. The van der Waals surface area contributed by atoms with Crippen molar-refractivity contribution >= 4 is 17.4 Å². The number of carbonyl (C=O) groups is 1. The Morgan fingerprint density at radius 3 is 2.55 bits per heavy atom. The number of rotatable bonds is 7. The lowest BCUT2D eigenvalue weighted by Crippen LogP contribution is -2.11. The third kappa shape index (κ3) is 4.61. The summed E-state index contributed by atoms with van der Waals surface area (Å²) < 4.78 is 7.79. The SMILES string of the molecule is Cc1cccn2c(NCc3ccccc3)c(-c3ccccc3OC(=O)CC(C)C)nc12. The molecule has 0 saturated heterocycles. The van der Waals surface area contributed by atoms with Crippen molar-refractivity contribution in [3.8, 4) is 17.0 Å². The number of para-hydroxylation sites is 1. The molecule has 1 N–H and O–H groups in total. The summed E-state index contributed by atoms with van der Waals surface area (Å²) in [6, 6.07) is 21.9. The van der Waals surface area contributed by atoms with Crippen LogP contribution in [0.1, 0.15) is 31.4 Å². The second-order valence-corrected chi connectivity index (χ2v) is 8.10. The predicted molar refractivity (Wildman–Crippen MR) is 124 cm³/mol. The van der Waals surface area contributed by atoms with Crippen molar-refractivity contribution in [2.24, 2.45) is 5.92 Å². The normalized spacial score (nSPS) is 11.1. The Bertz CT molecular complexity index is 1200. The predicted octanol–water partition coefficient (Wildman–Crippen LogP) is 5.87. The molecular weight excluding hydrogens is 386 g/mol. The first-order valence-corrected chi connectivity index (χ1v) is 10.6. The lowest BCUT2D eigenvalue weighted by Gasteiger charge is -2.12. The molecule has 5 heteroatoms. The van der Waals surface area contributed by atoms with Gasteiger partial charge < -0.3 is 10.1 Å². The van der Waals surface area contributed by atoms with E-state index < -0.39 is 0 Å². The highest BCUT2D eigenvalue weighted by Gasteiger charge is 2.20. The molecule has 0 aliphatic carbocycles. The number of hydrogen-bond acceptors (Lipinski definition) is 4. The van der Waals surface area contributed by atoms with Gasteiger partial charge in [0.1, 0.15) is 22.9 Å². The second-order valence-electron chi connectivity index (χ2n) is 8.10. The fourth-order valence-electron chi connectivity index (χ4n) is 3.59. The number of aryl methyl sites for hydroxylation is 1. The topological polar surface area (TPSA) is 55.6 Å². The number of nitrogens with zero attached hydrogens (tertiary/aromatic N) is 2. The molecule has 0 aliphatic rings. The molecule has 0 radical (unpaired) electrons. The smallest absolute Gasteiger partial charge is 0.311 e. The summed E-state index contributed by atoms with van der Waals surface area (Å²) in [7, 11) is 0. The van der Waals surface area contributed by atoms with Crippen molar-refractivity contribution in [1.29, 1.82) is 0 Å². The molecule has 4 aromatic rings. The highest BCUT2D eigenvalue weighted by atomic mass is 16.5. The number of anilines is 1. The highest BCUT2D eigenvalue weighted by molar-refractivity contribution is 5.83. The van der Waals surface area contributed by atoms with Crippen molar-refractivity contribution in [2.75, 3.05) is 5.32 Å². The van der Waals surface area contributed by atoms with Gasteiger partial charge in [0.2, 0.25) is 0 Å². The molecule has 2 aromatic carbocycles. The van der Waals surface area contributed by atoms with Crippen molar-refractivity contribution in [3.05, 3.63) is 84.1 Å². The molecule has 0 amide bonds. The zero-order chi connectivity index (χ0) is 21.8. The molecule has 31 heavy (non-hydrogen) atoms. The van der Waals surface area contributed by atoms with E-state index in [0.717, 1.165) is 28.3 Å². The van der Waals surface area contributed by atoms with Crippen LogP contribution in [0.25, 0.3) is 16.9 Å². The van der Waals surface area contributed by atoms with E-state index in [0.29, 0.717) is 18.7 Å². The van der Waals surface area contributed by atoms with Gasteiger partial charge in [0.25, 0.3) is 0 Å². The Balaban J connectivity index is 1.77. The summed E-state index contributed by atoms with van der Waals surface area (Å²) >= 11 is 0. The number of nitrogens with one attached hydrogen (secondary N) is 1.